The van der Waals surface area contributed by atoms with E-state index in [9.17, 15) is 13.2 Å². The van der Waals surface area contributed by atoms with Crippen molar-refractivity contribution in [1.82, 2.24) is 14.5 Å². The predicted molar refractivity (Wildman–Crippen MR) is 65.3 cm³/mol. The minimum atomic E-state index is -4.41. The van der Waals surface area contributed by atoms with Gasteiger partial charge in [0.1, 0.15) is 17.5 Å². The Balaban J connectivity index is 2.55. The van der Waals surface area contributed by atoms with Gasteiger partial charge < -0.3 is 5.32 Å². The third kappa shape index (κ3) is 2.86. The van der Waals surface area contributed by atoms with Crippen LogP contribution < -0.4 is 5.32 Å². The average molecular weight is 270 g/mol. The number of rotatable bonds is 3. The zero-order chi connectivity index (χ0) is 14.0. The smallest absolute Gasteiger partial charge is 0.370 e. The van der Waals surface area contributed by atoms with E-state index in [1.165, 1.54) is 10.8 Å². The van der Waals surface area contributed by atoms with Crippen LogP contribution in [0.1, 0.15) is 18.3 Å². The monoisotopic (exact) mass is 270 g/mol. The van der Waals surface area contributed by atoms with Gasteiger partial charge in [-0.15, -0.1) is 0 Å². The van der Waals surface area contributed by atoms with Crippen molar-refractivity contribution in [3.8, 4) is 5.82 Å². The van der Waals surface area contributed by atoms with Crippen LogP contribution in [0.25, 0.3) is 5.82 Å². The number of aryl methyl sites for hydroxylation is 1. The molecule has 2 aromatic heterocycles. The lowest BCUT2D eigenvalue weighted by molar-refractivity contribution is -0.137. The van der Waals surface area contributed by atoms with Gasteiger partial charge in [-0.1, -0.05) is 0 Å². The van der Waals surface area contributed by atoms with Crippen molar-refractivity contribution in [3.63, 3.8) is 0 Å². The van der Waals surface area contributed by atoms with Crippen molar-refractivity contribution in [2.75, 3.05) is 11.9 Å². The second-order valence-corrected chi connectivity index (χ2v) is 3.97. The molecule has 7 heteroatoms. The van der Waals surface area contributed by atoms with E-state index in [1.807, 2.05) is 0 Å². The Labute approximate surface area is 108 Å². The molecule has 19 heavy (non-hydrogen) atoms. The standard InChI is InChI=1S/C12H13F3N4/c1-3-16-10-6-9(12(13,14)15)7-11(18-10)19-5-4-17-8(19)2/h4-7H,3H2,1-2H3,(H,16,18). The zero-order valence-corrected chi connectivity index (χ0v) is 10.5. The summed E-state index contributed by atoms with van der Waals surface area (Å²) in [6.45, 7) is 4.00. The first-order chi connectivity index (χ1) is 8.91. The molecule has 0 fully saturated rings. The van der Waals surface area contributed by atoms with Gasteiger partial charge >= 0.3 is 6.18 Å². The fourth-order valence-electron chi connectivity index (χ4n) is 1.69. The van der Waals surface area contributed by atoms with Gasteiger partial charge in [0.25, 0.3) is 0 Å². The highest BCUT2D eigenvalue weighted by molar-refractivity contribution is 5.45. The lowest BCUT2D eigenvalue weighted by atomic mass is 10.2. The highest BCUT2D eigenvalue weighted by atomic mass is 19.4. The molecule has 0 bridgehead atoms. The van der Waals surface area contributed by atoms with Gasteiger partial charge in [-0.2, -0.15) is 13.2 Å². The van der Waals surface area contributed by atoms with Crippen LogP contribution in [0.15, 0.2) is 24.5 Å². The first-order valence-corrected chi connectivity index (χ1v) is 5.75. The Morgan fingerprint density at radius 1 is 1.32 bits per heavy atom. The third-order valence-electron chi connectivity index (χ3n) is 2.57. The summed E-state index contributed by atoms with van der Waals surface area (Å²) in [7, 11) is 0. The number of aromatic nitrogens is 3. The lowest BCUT2D eigenvalue weighted by Crippen LogP contribution is -2.11. The molecular weight excluding hydrogens is 257 g/mol. The number of hydrogen-bond acceptors (Lipinski definition) is 3. The molecule has 0 spiro atoms. The molecule has 0 aliphatic rings. The summed E-state index contributed by atoms with van der Waals surface area (Å²) in [5.74, 6) is 0.968. The van der Waals surface area contributed by atoms with Crippen LogP contribution in [0.5, 0.6) is 0 Å². The topological polar surface area (TPSA) is 42.7 Å². The summed E-state index contributed by atoms with van der Waals surface area (Å²) >= 11 is 0. The van der Waals surface area contributed by atoms with Gasteiger partial charge in [-0.3, -0.25) is 4.57 Å². The van der Waals surface area contributed by atoms with Gasteiger partial charge in [-0.05, 0) is 26.0 Å². The summed E-state index contributed by atoms with van der Waals surface area (Å²) in [5, 5.41) is 2.80. The highest BCUT2D eigenvalue weighted by Gasteiger charge is 2.31. The summed E-state index contributed by atoms with van der Waals surface area (Å²) < 4.78 is 40.1. The molecule has 0 aliphatic heterocycles. The van der Waals surface area contributed by atoms with Crippen molar-refractivity contribution in [3.05, 3.63) is 35.9 Å². The SMILES string of the molecule is CCNc1cc(C(F)(F)F)cc(-n2ccnc2C)n1. The number of hydrogen-bond donors (Lipinski definition) is 1. The van der Waals surface area contributed by atoms with E-state index in [-0.39, 0.29) is 11.6 Å². The molecule has 0 aromatic carbocycles. The second-order valence-electron chi connectivity index (χ2n) is 3.97. The molecular formula is C12H13F3N4. The largest absolute Gasteiger partial charge is 0.416 e. The molecule has 4 nitrogen and oxygen atoms in total. The quantitative estimate of drug-likeness (QED) is 0.932. The number of halogens is 3. The third-order valence-corrected chi connectivity index (χ3v) is 2.57. The fraction of sp³-hybridized carbons (Fsp3) is 0.333. The van der Waals surface area contributed by atoms with Crippen molar-refractivity contribution >= 4 is 5.82 Å². The molecule has 0 radical (unpaired) electrons. The molecule has 0 saturated heterocycles. The van der Waals surface area contributed by atoms with Crippen LogP contribution in [0.2, 0.25) is 0 Å². The average Bonchev–Trinajstić information content (AvgIpc) is 2.74. The zero-order valence-electron chi connectivity index (χ0n) is 10.5. The summed E-state index contributed by atoms with van der Waals surface area (Å²) in [5.41, 5.74) is -0.735. The molecule has 0 saturated carbocycles. The Morgan fingerprint density at radius 2 is 2.05 bits per heavy atom. The van der Waals surface area contributed by atoms with E-state index in [1.54, 1.807) is 20.0 Å². The Kier molecular flexibility index (Phi) is 3.46. The first-order valence-electron chi connectivity index (χ1n) is 5.75. The number of alkyl halides is 3. The number of pyridine rings is 1. The van der Waals surface area contributed by atoms with E-state index in [0.717, 1.165) is 12.1 Å². The minimum Gasteiger partial charge on any atom is -0.370 e. The van der Waals surface area contributed by atoms with Crippen LogP contribution in [0, 0.1) is 6.92 Å². The van der Waals surface area contributed by atoms with E-state index in [4.69, 9.17) is 0 Å². The molecule has 0 atom stereocenters. The van der Waals surface area contributed by atoms with Crippen LogP contribution >= 0.6 is 0 Å². The van der Waals surface area contributed by atoms with Crippen LogP contribution in [0.3, 0.4) is 0 Å². The summed E-state index contributed by atoms with van der Waals surface area (Å²) in [6.07, 6.45) is -1.31. The lowest BCUT2D eigenvalue weighted by Gasteiger charge is -2.13. The fourth-order valence-corrected chi connectivity index (χ4v) is 1.69. The first kappa shape index (κ1) is 13.4. The van der Waals surface area contributed by atoms with Crippen LogP contribution in [-0.2, 0) is 6.18 Å². The van der Waals surface area contributed by atoms with Crippen molar-refractivity contribution in [2.45, 2.75) is 20.0 Å². The Bertz CT molecular complexity index is 575. The normalized spacial score (nSPS) is 11.6. The van der Waals surface area contributed by atoms with E-state index in [0.29, 0.717) is 12.4 Å². The summed E-state index contributed by atoms with van der Waals surface area (Å²) in [6, 6.07) is 2.01. The van der Waals surface area contributed by atoms with Gasteiger partial charge in [0.2, 0.25) is 0 Å². The Hall–Kier alpha value is -2.05. The molecule has 2 heterocycles. The molecule has 0 amide bonds. The number of nitrogens with one attached hydrogen (secondary N) is 1. The molecule has 1 N–H and O–H groups in total. The molecule has 102 valence electrons. The number of anilines is 1. The van der Waals surface area contributed by atoms with Gasteiger partial charge in [-0.25, -0.2) is 9.97 Å². The molecule has 2 aromatic rings. The molecule has 0 aliphatic carbocycles. The van der Waals surface area contributed by atoms with Gasteiger partial charge in [0.15, 0.2) is 0 Å². The summed E-state index contributed by atoms with van der Waals surface area (Å²) in [4.78, 5) is 8.13. The number of nitrogens with zero attached hydrogens (tertiary/aromatic N) is 3. The molecule has 2 rings (SSSR count). The van der Waals surface area contributed by atoms with E-state index >= 15 is 0 Å². The maximum Gasteiger partial charge on any atom is 0.416 e. The molecule has 0 unspecified atom stereocenters. The number of imidazole rings is 1. The maximum atomic E-state index is 12.8. The Morgan fingerprint density at radius 3 is 2.58 bits per heavy atom. The van der Waals surface area contributed by atoms with E-state index < -0.39 is 11.7 Å². The van der Waals surface area contributed by atoms with E-state index in [2.05, 4.69) is 15.3 Å². The predicted octanol–water partition coefficient (Wildman–Crippen LogP) is 3.03. The van der Waals surface area contributed by atoms with Crippen molar-refractivity contribution in [2.24, 2.45) is 0 Å². The van der Waals surface area contributed by atoms with Crippen LogP contribution in [0.4, 0.5) is 19.0 Å². The highest BCUT2D eigenvalue weighted by Crippen LogP contribution is 2.31. The van der Waals surface area contributed by atoms with Gasteiger partial charge in [0, 0.05) is 18.9 Å². The van der Waals surface area contributed by atoms with Crippen LogP contribution in [-0.4, -0.2) is 21.1 Å². The minimum absolute atomic E-state index is 0.195. The maximum absolute atomic E-state index is 12.8. The van der Waals surface area contributed by atoms with Crippen molar-refractivity contribution < 1.29 is 13.2 Å². The second kappa shape index (κ2) is 4.91. The van der Waals surface area contributed by atoms with Crippen molar-refractivity contribution in [1.29, 1.82) is 0 Å². The van der Waals surface area contributed by atoms with Gasteiger partial charge in [0.05, 0.1) is 5.56 Å².